The monoisotopic (exact) mass is 305 g/mol. The molecule has 4 nitrogen and oxygen atoms in total. The Morgan fingerprint density at radius 3 is 2.65 bits per heavy atom. The van der Waals surface area contributed by atoms with Gasteiger partial charge in [0.2, 0.25) is 5.91 Å². The van der Waals surface area contributed by atoms with E-state index in [-0.39, 0.29) is 18.0 Å². The summed E-state index contributed by atoms with van der Waals surface area (Å²) >= 11 is 3.26. The van der Waals surface area contributed by atoms with Gasteiger partial charge in [0.25, 0.3) is 0 Å². The molecular weight excluding hydrogens is 286 g/mol. The van der Waals surface area contributed by atoms with E-state index in [1.54, 1.807) is 6.92 Å². The number of carbonyl (C=O) groups excluding carboxylic acids is 2. The van der Waals surface area contributed by atoms with Crippen LogP contribution in [0.1, 0.15) is 45.4 Å². The molecule has 1 rings (SSSR count). The van der Waals surface area contributed by atoms with Gasteiger partial charge >= 0.3 is 5.97 Å². The number of hydrogen-bond acceptors (Lipinski definition) is 3. The fourth-order valence-electron chi connectivity index (χ4n) is 1.87. The minimum atomic E-state index is -0.543. The van der Waals surface area contributed by atoms with E-state index in [2.05, 4.69) is 21.2 Å². The van der Waals surface area contributed by atoms with E-state index < -0.39 is 6.04 Å². The zero-order valence-corrected chi connectivity index (χ0v) is 11.8. The molecule has 0 spiro atoms. The number of ether oxygens (including phenoxy) is 1. The number of rotatable bonds is 6. The number of amides is 1. The Labute approximate surface area is 111 Å². The van der Waals surface area contributed by atoms with Crippen LogP contribution in [-0.2, 0) is 14.3 Å². The first-order valence-corrected chi connectivity index (χ1v) is 7.31. The molecule has 1 fully saturated rings. The van der Waals surface area contributed by atoms with Gasteiger partial charge in [0, 0.05) is 11.8 Å². The number of esters is 1. The Bertz CT molecular complexity index is 264. The topological polar surface area (TPSA) is 55.4 Å². The van der Waals surface area contributed by atoms with Crippen molar-refractivity contribution < 1.29 is 14.3 Å². The molecule has 0 aromatic heterocycles. The van der Waals surface area contributed by atoms with E-state index in [9.17, 15) is 9.59 Å². The van der Waals surface area contributed by atoms with Crippen LogP contribution in [-0.4, -0.2) is 29.4 Å². The molecule has 1 aliphatic carbocycles. The van der Waals surface area contributed by atoms with Crippen molar-refractivity contribution in [3.05, 3.63) is 0 Å². The van der Waals surface area contributed by atoms with Crippen LogP contribution in [0, 0.1) is 0 Å². The summed E-state index contributed by atoms with van der Waals surface area (Å²) in [5.74, 6) is -0.413. The lowest BCUT2D eigenvalue weighted by Crippen LogP contribution is -2.40. The number of nitrogens with one attached hydrogen (secondary N) is 1. The van der Waals surface area contributed by atoms with Gasteiger partial charge in [0.1, 0.15) is 12.1 Å². The van der Waals surface area contributed by atoms with Crippen molar-refractivity contribution in [2.24, 2.45) is 0 Å². The lowest BCUT2D eigenvalue weighted by Gasteiger charge is -2.16. The van der Waals surface area contributed by atoms with Crippen LogP contribution in [0.5, 0.6) is 0 Å². The highest BCUT2D eigenvalue weighted by atomic mass is 79.9. The third-order valence-corrected chi connectivity index (χ3v) is 3.41. The molecular formula is C12H20BrNO3. The van der Waals surface area contributed by atoms with Gasteiger partial charge in [-0.1, -0.05) is 15.9 Å². The van der Waals surface area contributed by atoms with Gasteiger partial charge in [-0.25, -0.2) is 4.79 Å². The molecule has 1 amide bonds. The Morgan fingerprint density at radius 1 is 1.41 bits per heavy atom. The minimum absolute atomic E-state index is 0.0596. The summed E-state index contributed by atoms with van der Waals surface area (Å²) in [5.41, 5.74) is 0. The molecule has 0 unspecified atom stereocenters. The molecule has 0 aromatic rings. The van der Waals surface area contributed by atoms with Crippen LogP contribution >= 0.6 is 15.9 Å². The summed E-state index contributed by atoms with van der Waals surface area (Å²) in [6.07, 6.45) is 5.44. The fourth-order valence-corrected chi connectivity index (χ4v) is 2.15. The minimum Gasteiger partial charge on any atom is -0.461 e. The van der Waals surface area contributed by atoms with Crippen molar-refractivity contribution in [3.63, 3.8) is 0 Å². The predicted octanol–water partition coefficient (Wildman–Crippen LogP) is 2.15. The molecule has 5 heteroatoms. The summed E-state index contributed by atoms with van der Waals surface area (Å²) in [7, 11) is 0. The lowest BCUT2D eigenvalue weighted by atomic mass is 10.2. The predicted molar refractivity (Wildman–Crippen MR) is 69.0 cm³/mol. The van der Waals surface area contributed by atoms with E-state index in [4.69, 9.17) is 4.74 Å². The largest absolute Gasteiger partial charge is 0.461 e. The van der Waals surface area contributed by atoms with Gasteiger partial charge in [-0.2, -0.15) is 0 Å². The standard InChI is InChI=1S/C12H20BrNO3/c1-9(14-11(15)7-4-8-13)12(16)17-10-5-2-3-6-10/h9-10H,2-8H2,1H3,(H,14,15)/t9-/m1/s1. The summed E-state index contributed by atoms with van der Waals surface area (Å²) < 4.78 is 5.32. The Kier molecular flexibility index (Phi) is 6.55. The summed E-state index contributed by atoms with van der Waals surface area (Å²) in [6, 6.07) is -0.543. The van der Waals surface area contributed by atoms with Crippen molar-refractivity contribution >= 4 is 27.8 Å². The second-order valence-corrected chi connectivity index (χ2v) is 5.22. The van der Waals surface area contributed by atoms with E-state index >= 15 is 0 Å². The van der Waals surface area contributed by atoms with E-state index in [0.717, 1.165) is 37.4 Å². The Hall–Kier alpha value is -0.580. The molecule has 98 valence electrons. The lowest BCUT2D eigenvalue weighted by molar-refractivity contribution is -0.152. The van der Waals surface area contributed by atoms with Crippen LogP contribution in [0.15, 0.2) is 0 Å². The highest BCUT2D eigenvalue weighted by Crippen LogP contribution is 2.21. The van der Waals surface area contributed by atoms with Crippen LogP contribution < -0.4 is 5.32 Å². The van der Waals surface area contributed by atoms with Gasteiger partial charge in [-0.3, -0.25) is 4.79 Å². The van der Waals surface area contributed by atoms with E-state index in [1.807, 2.05) is 0 Å². The highest BCUT2D eigenvalue weighted by Gasteiger charge is 2.23. The molecule has 1 aliphatic rings. The van der Waals surface area contributed by atoms with Gasteiger partial charge in [0.05, 0.1) is 0 Å². The van der Waals surface area contributed by atoms with Crippen LogP contribution in [0.25, 0.3) is 0 Å². The average molecular weight is 306 g/mol. The quantitative estimate of drug-likeness (QED) is 0.604. The first kappa shape index (κ1) is 14.5. The van der Waals surface area contributed by atoms with E-state index in [0.29, 0.717) is 6.42 Å². The first-order chi connectivity index (χ1) is 8.13. The number of carbonyl (C=O) groups is 2. The van der Waals surface area contributed by atoms with Crippen LogP contribution in [0.3, 0.4) is 0 Å². The van der Waals surface area contributed by atoms with E-state index in [1.165, 1.54) is 0 Å². The van der Waals surface area contributed by atoms with Crippen molar-refractivity contribution in [3.8, 4) is 0 Å². The third kappa shape index (κ3) is 5.52. The molecule has 0 saturated heterocycles. The van der Waals surface area contributed by atoms with Crippen molar-refractivity contribution in [1.29, 1.82) is 0 Å². The fraction of sp³-hybridized carbons (Fsp3) is 0.833. The van der Waals surface area contributed by atoms with Crippen LogP contribution in [0.4, 0.5) is 0 Å². The Balaban J connectivity index is 2.23. The van der Waals surface area contributed by atoms with Crippen molar-refractivity contribution in [2.75, 3.05) is 5.33 Å². The maximum absolute atomic E-state index is 11.7. The zero-order valence-electron chi connectivity index (χ0n) is 10.2. The second kappa shape index (κ2) is 7.69. The third-order valence-electron chi connectivity index (χ3n) is 2.85. The maximum atomic E-state index is 11.7. The molecule has 0 heterocycles. The number of alkyl halides is 1. The van der Waals surface area contributed by atoms with Gasteiger partial charge < -0.3 is 10.1 Å². The molecule has 0 bridgehead atoms. The number of hydrogen-bond donors (Lipinski definition) is 1. The molecule has 1 saturated carbocycles. The second-order valence-electron chi connectivity index (χ2n) is 4.43. The zero-order chi connectivity index (χ0) is 12.7. The summed E-state index contributed by atoms with van der Waals surface area (Å²) in [5, 5.41) is 3.45. The van der Waals surface area contributed by atoms with Crippen LogP contribution in [0.2, 0.25) is 0 Å². The average Bonchev–Trinajstić information content (AvgIpc) is 2.78. The summed E-state index contributed by atoms with van der Waals surface area (Å²) in [4.78, 5) is 23.1. The smallest absolute Gasteiger partial charge is 0.328 e. The van der Waals surface area contributed by atoms with Gasteiger partial charge in [-0.05, 0) is 39.0 Å². The SMILES string of the molecule is C[C@@H](NC(=O)CCCBr)C(=O)OC1CCCC1. The first-order valence-electron chi connectivity index (χ1n) is 6.19. The Morgan fingerprint density at radius 2 is 2.06 bits per heavy atom. The van der Waals surface area contributed by atoms with Crippen molar-refractivity contribution in [2.45, 2.75) is 57.6 Å². The molecule has 17 heavy (non-hydrogen) atoms. The molecule has 1 N–H and O–H groups in total. The van der Waals surface area contributed by atoms with Crippen molar-refractivity contribution in [1.82, 2.24) is 5.32 Å². The normalized spacial score (nSPS) is 17.8. The number of halogens is 1. The molecule has 1 atom stereocenters. The molecule has 0 aliphatic heterocycles. The van der Waals surface area contributed by atoms with Gasteiger partial charge in [0.15, 0.2) is 0 Å². The molecule has 0 aromatic carbocycles. The maximum Gasteiger partial charge on any atom is 0.328 e. The molecule has 0 radical (unpaired) electrons. The summed E-state index contributed by atoms with van der Waals surface area (Å²) in [6.45, 7) is 1.67. The van der Waals surface area contributed by atoms with Gasteiger partial charge in [-0.15, -0.1) is 0 Å². The highest BCUT2D eigenvalue weighted by molar-refractivity contribution is 9.09.